The summed E-state index contributed by atoms with van der Waals surface area (Å²) in [4.78, 5) is 26.1. The molecule has 0 saturated carbocycles. The van der Waals surface area contributed by atoms with Crippen molar-refractivity contribution in [3.63, 3.8) is 0 Å². The Morgan fingerprint density at radius 2 is 1.32 bits per heavy atom. The number of benzene rings is 4. The summed E-state index contributed by atoms with van der Waals surface area (Å²) in [6.07, 6.45) is 0.648. The number of aliphatic hydroxyl groups is 1. The van der Waals surface area contributed by atoms with Crippen LogP contribution < -0.4 is 16.0 Å². The summed E-state index contributed by atoms with van der Waals surface area (Å²) in [5.74, 6) is 0.0143. The molecule has 0 spiro atoms. The van der Waals surface area contributed by atoms with Crippen LogP contribution in [0, 0.1) is 17.8 Å². The highest BCUT2D eigenvalue weighted by atomic mass is 32.2. The number of furan rings is 2. The Kier molecular flexibility index (Phi) is 22.0. The van der Waals surface area contributed by atoms with Gasteiger partial charge in [-0.2, -0.15) is 8.61 Å². The number of rotatable bonds is 25. The second-order valence-electron chi connectivity index (χ2n) is 22.4. The summed E-state index contributed by atoms with van der Waals surface area (Å²) >= 11 is 0. The topological polar surface area (TPSA) is 238 Å². The molecule has 4 N–H and O–H groups in total. The SMILES string of the molecule is CCNCc1coc2ccc(S(=O)(=O)N(CC(C)C)C[C@@H](O)[C@H](Cc3ccccc3)NC(=O)OC3CO[C@H]4OCC[C@@H]34)cc12.CO[C@H](CN(CC(C)C)S(=O)(=O)c1ccc2occc2c1)[C@H](Cc1ccccc1)NC(=O)OC(C)(C)C. The number of nitrogens with one attached hydrogen (secondary N) is 3. The summed E-state index contributed by atoms with van der Waals surface area (Å²) in [6.45, 7) is 17.5. The summed E-state index contributed by atoms with van der Waals surface area (Å²) in [5, 5.41) is 22.0. The van der Waals surface area contributed by atoms with E-state index >= 15 is 0 Å². The van der Waals surface area contributed by atoms with E-state index in [0.717, 1.165) is 29.7 Å². The van der Waals surface area contributed by atoms with E-state index in [2.05, 4.69) is 16.0 Å². The Morgan fingerprint density at radius 1 is 0.728 bits per heavy atom. The standard InChI is InChI=1S/C32H43N3O8S.C28H38N2O6S/c1-4-33-16-23-19-41-29-11-10-24(15-26(23)29)44(38,39)35(17-21(2)3)18-28(36)27(14-22-8-6-5-7-9-22)34-32(37)43-30-20-42-31-25(30)12-13-40-31;1-20(2)18-30(37(32,33)23-12-13-25-22(17-23)14-15-35-25)19-26(34-6)24(16-21-10-8-7-9-11-21)29-27(31)36-28(3,4)5/h5-11,15,19,21,25,27-28,30-31,33,36H,4,12-14,16-18,20H2,1-3H3,(H,34,37);7-15,17,20,24,26H,16,18-19H2,1-6H3,(H,29,31)/t25-,27-,28+,30?,31+;24-,26+/m00/s1. The van der Waals surface area contributed by atoms with Gasteiger partial charge < -0.3 is 53.6 Å². The quantitative estimate of drug-likeness (QED) is 0.0419. The fourth-order valence-electron chi connectivity index (χ4n) is 9.90. The predicted molar refractivity (Wildman–Crippen MR) is 308 cm³/mol. The number of alkyl carbamates (subject to hydrolysis) is 2. The molecule has 6 aromatic rings. The van der Waals surface area contributed by atoms with Gasteiger partial charge in [0.1, 0.15) is 22.9 Å². The number of nitrogens with zero attached hydrogens (tertiary/aromatic N) is 2. The van der Waals surface area contributed by atoms with Crippen LogP contribution in [0.5, 0.6) is 0 Å². The fraction of sp³-hybridized carbons (Fsp3) is 0.500. The lowest BCUT2D eigenvalue weighted by atomic mass is 10.0. The van der Waals surface area contributed by atoms with Crippen molar-refractivity contribution in [2.24, 2.45) is 17.8 Å². The maximum atomic E-state index is 14.1. The third-order valence-electron chi connectivity index (χ3n) is 13.9. The lowest BCUT2D eigenvalue weighted by molar-refractivity contribution is -0.0907. The van der Waals surface area contributed by atoms with Gasteiger partial charge in [0.2, 0.25) is 20.0 Å². The van der Waals surface area contributed by atoms with Gasteiger partial charge in [-0.05, 0) is 112 Å². The Bertz CT molecular complexity index is 3180. The number of carbonyl (C=O) groups excluding carboxylic acids is 2. The first kappa shape index (κ1) is 62.7. The maximum Gasteiger partial charge on any atom is 0.407 e. The molecule has 4 heterocycles. The zero-order chi connectivity index (χ0) is 58.5. The van der Waals surface area contributed by atoms with Crippen LogP contribution in [0.1, 0.15) is 78.5 Å². The normalized spacial score (nSPS) is 18.2. The van der Waals surface area contributed by atoms with E-state index < -0.39 is 68.2 Å². The number of amides is 2. The van der Waals surface area contributed by atoms with Crippen LogP contribution in [0.4, 0.5) is 9.59 Å². The van der Waals surface area contributed by atoms with E-state index in [1.54, 1.807) is 63.4 Å². The number of methoxy groups -OCH3 is 1. The molecule has 2 aromatic heterocycles. The summed E-state index contributed by atoms with van der Waals surface area (Å²) in [6, 6.07) is 29.1. The number of hydrogen-bond acceptors (Lipinski definition) is 15. The minimum absolute atomic E-state index is 0.0200. The predicted octanol–water partition coefficient (Wildman–Crippen LogP) is 8.88. The van der Waals surface area contributed by atoms with E-state index in [1.165, 1.54) is 28.0 Å². The van der Waals surface area contributed by atoms with Gasteiger partial charge >= 0.3 is 12.2 Å². The first-order valence-electron chi connectivity index (χ1n) is 27.7. The van der Waals surface area contributed by atoms with Crippen molar-refractivity contribution in [3.8, 4) is 0 Å². The van der Waals surface area contributed by atoms with Crippen LogP contribution in [0.25, 0.3) is 21.9 Å². The number of aliphatic hydroxyl groups excluding tert-OH is 1. The molecule has 4 aromatic carbocycles. The second-order valence-corrected chi connectivity index (χ2v) is 26.3. The van der Waals surface area contributed by atoms with Crippen molar-refractivity contribution < 1.29 is 64.0 Å². The molecule has 2 aliphatic rings. The molecule has 19 nitrogen and oxygen atoms in total. The molecule has 1 unspecified atom stereocenters. The van der Waals surface area contributed by atoms with Gasteiger partial charge in [-0.15, -0.1) is 0 Å². The highest BCUT2D eigenvalue weighted by Crippen LogP contribution is 2.33. The Hall–Kier alpha value is -5.88. The lowest BCUT2D eigenvalue weighted by Crippen LogP contribution is -2.52. The lowest BCUT2D eigenvalue weighted by Gasteiger charge is -2.33. The van der Waals surface area contributed by atoms with Crippen LogP contribution in [0.3, 0.4) is 0 Å². The Morgan fingerprint density at radius 3 is 1.93 bits per heavy atom. The summed E-state index contributed by atoms with van der Waals surface area (Å²) in [7, 11) is -6.37. The maximum absolute atomic E-state index is 14.1. The largest absolute Gasteiger partial charge is 0.464 e. The summed E-state index contributed by atoms with van der Waals surface area (Å²) in [5.41, 5.74) is 3.26. The van der Waals surface area contributed by atoms with Gasteiger partial charge in [-0.1, -0.05) is 95.3 Å². The van der Waals surface area contributed by atoms with Gasteiger partial charge in [0, 0.05) is 56.2 Å². The Balaban J connectivity index is 0.000000237. The number of fused-ring (bicyclic) bond motifs is 3. The monoisotopic (exact) mass is 1160 g/mol. The smallest absolute Gasteiger partial charge is 0.407 e. The molecule has 2 amide bonds. The molecule has 81 heavy (non-hydrogen) atoms. The molecule has 2 fully saturated rings. The number of sulfonamides is 2. The minimum Gasteiger partial charge on any atom is -0.464 e. The van der Waals surface area contributed by atoms with Crippen molar-refractivity contribution in [2.75, 3.05) is 53.0 Å². The highest BCUT2D eigenvalue weighted by Gasteiger charge is 2.44. The van der Waals surface area contributed by atoms with E-state index in [0.29, 0.717) is 41.5 Å². The third-order valence-corrected chi connectivity index (χ3v) is 17.5. The molecule has 442 valence electrons. The molecule has 2 saturated heterocycles. The molecule has 0 bridgehead atoms. The van der Waals surface area contributed by atoms with Crippen molar-refractivity contribution in [1.29, 1.82) is 0 Å². The number of ether oxygens (including phenoxy) is 5. The van der Waals surface area contributed by atoms with Crippen LogP contribution in [0.2, 0.25) is 0 Å². The van der Waals surface area contributed by atoms with Gasteiger partial charge in [-0.25, -0.2) is 26.4 Å². The van der Waals surface area contributed by atoms with Crippen molar-refractivity contribution in [1.82, 2.24) is 24.6 Å². The highest BCUT2D eigenvalue weighted by molar-refractivity contribution is 7.89. The van der Waals surface area contributed by atoms with Gasteiger partial charge in [0.25, 0.3) is 0 Å². The third kappa shape index (κ3) is 17.3. The van der Waals surface area contributed by atoms with Crippen molar-refractivity contribution in [2.45, 2.75) is 133 Å². The molecule has 0 aliphatic carbocycles. The first-order valence-corrected chi connectivity index (χ1v) is 30.6. The molecular weight excluding hydrogens is 1080 g/mol. The second kappa shape index (κ2) is 28.4. The molecular formula is C60H81N5O14S2. The van der Waals surface area contributed by atoms with E-state index in [-0.39, 0.29) is 73.0 Å². The molecule has 7 atom stereocenters. The molecule has 0 radical (unpaired) electrons. The van der Waals surface area contributed by atoms with Crippen molar-refractivity contribution >= 4 is 54.2 Å². The average Bonchev–Trinajstić information content (AvgIpc) is 4.25. The Labute approximate surface area is 477 Å². The fourth-order valence-corrected chi connectivity index (χ4v) is 13.2. The first-order chi connectivity index (χ1) is 38.5. The van der Waals surface area contributed by atoms with Gasteiger partial charge in [0.15, 0.2) is 6.29 Å². The molecule has 8 rings (SSSR count). The van der Waals surface area contributed by atoms with Crippen LogP contribution in [0.15, 0.2) is 134 Å². The average molecular weight is 1160 g/mol. The van der Waals surface area contributed by atoms with E-state index in [1.807, 2.05) is 95.3 Å². The van der Waals surface area contributed by atoms with Crippen LogP contribution in [-0.4, -0.2) is 138 Å². The summed E-state index contributed by atoms with van der Waals surface area (Å²) < 4.78 is 97.6. The van der Waals surface area contributed by atoms with Crippen molar-refractivity contribution in [3.05, 3.63) is 132 Å². The molecule has 21 heteroatoms. The van der Waals surface area contributed by atoms with Gasteiger partial charge in [0.05, 0.1) is 65.7 Å². The minimum atomic E-state index is -4.02. The van der Waals surface area contributed by atoms with E-state index in [4.69, 9.17) is 32.5 Å². The molecule has 2 aliphatic heterocycles. The van der Waals surface area contributed by atoms with Crippen LogP contribution in [-0.2, 0) is 63.1 Å². The van der Waals surface area contributed by atoms with Gasteiger partial charge in [-0.3, -0.25) is 0 Å². The van der Waals surface area contributed by atoms with E-state index in [9.17, 15) is 31.5 Å². The van der Waals surface area contributed by atoms with Crippen LogP contribution >= 0.6 is 0 Å². The number of carbonyl (C=O) groups is 2. The zero-order valence-electron chi connectivity index (χ0n) is 47.9. The number of hydrogen-bond donors (Lipinski definition) is 4. The zero-order valence-corrected chi connectivity index (χ0v) is 49.5.